The largest absolute Gasteiger partial charge is 0.460 e. The Hall–Kier alpha value is -3.48. The standard InChI is InChI=1S/C22H15F8N3O2/c23-20(24)9-33(10-20)19(34)11-1-3-16(32-8-11)12-5-14(21(25,26)27)18(15(6-12)22(28,29)30)17-4-2-13(7-31)35-17/h1-6,8H,7,9-10,31H2. The van der Waals surface area contributed by atoms with Gasteiger partial charge in [0, 0.05) is 17.3 Å². The molecular weight excluding hydrogens is 490 g/mol. The van der Waals surface area contributed by atoms with Gasteiger partial charge in [0.1, 0.15) is 11.5 Å². The molecule has 0 saturated carbocycles. The fourth-order valence-corrected chi connectivity index (χ4v) is 3.65. The molecular formula is C22H15F8N3O2. The number of aromatic nitrogens is 1. The van der Waals surface area contributed by atoms with Crippen LogP contribution in [0.2, 0.25) is 0 Å². The van der Waals surface area contributed by atoms with Gasteiger partial charge in [-0.05, 0) is 36.4 Å². The van der Waals surface area contributed by atoms with Crippen molar-refractivity contribution in [2.75, 3.05) is 13.1 Å². The molecule has 0 atom stereocenters. The van der Waals surface area contributed by atoms with Crippen LogP contribution >= 0.6 is 0 Å². The molecule has 4 rings (SSSR count). The molecule has 0 unspecified atom stereocenters. The van der Waals surface area contributed by atoms with Crippen LogP contribution in [0.5, 0.6) is 0 Å². The maximum absolute atomic E-state index is 13.9. The number of nitrogens with zero attached hydrogens (tertiary/aromatic N) is 2. The maximum Gasteiger partial charge on any atom is 0.417 e. The molecule has 1 saturated heterocycles. The van der Waals surface area contributed by atoms with E-state index in [0.717, 1.165) is 29.3 Å². The predicted octanol–water partition coefficient (Wildman–Crippen LogP) is 5.60. The van der Waals surface area contributed by atoms with Gasteiger partial charge in [-0.25, -0.2) is 8.78 Å². The zero-order valence-corrected chi connectivity index (χ0v) is 17.5. The third kappa shape index (κ3) is 4.85. The van der Waals surface area contributed by atoms with E-state index < -0.39 is 65.3 Å². The van der Waals surface area contributed by atoms with Crippen LogP contribution in [0.1, 0.15) is 27.2 Å². The van der Waals surface area contributed by atoms with E-state index in [1.165, 1.54) is 6.07 Å². The minimum atomic E-state index is -5.19. The Morgan fingerprint density at radius 3 is 2.03 bits per heavy atom. The monoisotopic (exact) mass is 505 g/mol. The number of carbonyl (C=O) groups is 1. The van der Waals surface area contributed by atoms with Crippen LogP contribution in [-0.4, -0.2) is 34.8 Å². The second-order valence-corrected chi connectivity index (χ2v) is 7.86. The molecule has 2 aromatic heterocycles. The van der Waals surface area contributed by atoms with Crippen molar-refractivity contribution in [2.24, 2.45) is 5.73 Å². The van der Waals surface area contributed by atoms with E-state index in [2.05, 4.69) is 4.98 Å². The molecule has 186 valence electrons. The van der Waals surface area contributed by atoms with E-state index in [9.17, 15) is 39.9 Å². The second-order valence-electron chi connectivity index (χ2n) is 7.86. The second kappa shape index (κ2) is 8.33. The first-order valence-electron chi connectivity index (χ1n) is 9.95. The van der Waals surface area contributed by atoms with E-state index in [-0.39, 0.29) is 23.6 Å². The first-order chi connectivity index (χ1) is 16.2. The molecule has 13 heteroatoms. The van der Waals surface area contributed by atoms with Gasteiger partial charge in [-0.1, -0.05) is 0 Å². The average molecular weight is 505 g/mol. The summed E-state index contributed by atoms with van der Waals surface area (Å²) in [5.41, 5.74) is -0.00432. The number of rotatable bonds is 4. The lowest BCUT2D eigenvalue weighted by molar-refractivity contribution is -0.142. The van der Waals surface area contributed by atoms with Crippen molar-refractivity contribution in [3.8, 4) is 22.6 Å². The summed E-state index contributed by atoms with van der Waals surface area (Å²) in [4.78, 5) is 16.8. The highest BCUT2D eigenvalue weighted by Gasteiger charge is 2.46. The maximum atomic E-state index is 13.9. The Morgan fingerprint density at radius 2 is 1.60 bits per heavy atom. The minimum Gasteiger partial charge on any atom is -0.460 e. The van der Waals surface area contributed by atoms with Crippen molar-refractivity contribution in [3.05, 3.63) is 65.0 Å². The highest BCUT2D eigenvalue weighted by molar-refractivity contribution is 5.95. The Kier molecular flexibility index (Phi) is 5.86. The number of nitrogens with two attached hydrogens (primary N) is 1. The fourth-order valence-electron chi connectivity index (χ4n) is 3.65. The highest BCUT2D eigenvalue weighted by atomic mass is 19.4. The normalized spacial score (nSPS) is 15.7. The number of likely N-dealkylation sites (tertiary alicyclic amines) is 1. The summed E-state index contributed by atoms with van der Waals surface area (Å²) >= 11 is 0. The van der Waals surface area contributed by atoms with Crippen LogP contribution in [0, 0.1) is 0 Å². The summed E-state index contributed by atoms with van der Waals surface area (Å²) in [5.74, 6) is -4.46. The first-order valence-corrected chi connectivity index (χ1v) is 9.95. The summed E-state index contributed by atoms with van der Waals surface area (Å²) in [6, 6.07) is 5.27. The molecule has 3 heterocycles. The molecule has 0 bridgehead atoms. The van der Waals surface area contributed by atoms with E-state index >= 15 is 0 Å². The third-order valence-electron chi connectivity index (χ3n) is 5.30. The lowest BCUT2D eigenvalue weighted by Crippen LogP contribution is -2.58. The molecule has 1 aromatic carbocycles. The summed E-state index contributed by atoms with van der Waals surface area (Å²) in [6.45, 7) is -1.82. The van der Waals surface area contributed by atoms with Crippen molar-refractivity contribution in [3.63, 3.8) is 0 Å². The zero-order valence-electron chi connectivity index (χ0n) is 17.5. The number of hydrogen-bond donors (Lipinski definition) is 1. The Morgan fingerprint density at radius 1 is 1.00 bits per heavy atom. The lowest BCUT2D eigenvalue weighted by Gasteiger charge is -2.38. The zero-order chi connectivity index (χ0) is 25.8. The summed E-state index contributed by atoms with van der Waals surface area (Å²) in [5, 5.41) is 0. The Balaban J connectivity index is 1.79. The summed E-state index contributed by atoms with van der Waals surface area (Å²) in [7, 11) is 0. The lowest BCUT2D eigenvalue weighted by atomic mass is 9.93. The van der Waals surface area contributed by atoms with E-state index in [1.54, 1.807) is 0 Å². The summed E-state index contributed by atoms with van der Waals surface area (Å²) < 4.78 is 114. The van der Waals surface area contributed by atoms with Gasteiger partial charge < -0.3 is 15.1 Å². The number of furan rings is 1. The minimum absolute atomic E-state index is 0.00721. The van der Waals surface area contributed by atoms with Gasteiger partial charge >= 0.3 is 12.4 Å². The van der Waals surface area contributed by atoms with E-state index in [0.29, 0.717) is 12.1 Å². The number of halogens is 8. The van der Waals surface area contributed by atoms with Gasteiger partial charge in [-0.3, -0.25) is 9.78 Å². The molecule has 3 aromatic rings. The molecule has 2 N–H and O–H groups in total. The SMILES string of the molecule is NCc1ccc(-c2c(C(F)(F)F)cc(-c3ccc(C(=O)N4CC(F)(F)C4)cn3)cc2C(F)(F)F)o1. The van der Waals surface area contributed by atoms with Gasteiger partial charge in [0.05, 0.1) is 42.0 Å². The molecule has 0 spiro atoms. The molecule has 1 aliphatic heterocycles. The van der Waals surface area contributed by atoms with Crippen molar-refractivity contribution in [2.45, 2.75) is 24.8 Å². The van der Waals surface area contributed by atoms with E-state index in [4.69, 9.17) is 10.2 Å². The summed E-state index contributed by atoms with van der Waals surface area (Å²) in [6.07, 6.45) is -9.48. The van der Waals surface area contributed by atoms with Crippen LogP contribution in [0.15, 0.2) is 47.0 Å². The molecule has 1 aliphatic rings. The predicted molar refractivity (Wildman–Crippen MR) is 106 cm³/mol. The number of pyridine rings is 1. The number of carbonyl (C=O) groups excluding carboxylic acids is 1. The van der Waals surface area contributed by atoms with Gasteiger partial charge in [0.25, 0.3) is 11.8 Å². The average Bonchev–Trinajstić information content (AvgIpc) is 3.24. The van der Waals surface area contributed by atoms with Crippen molar-refractivity contribution >= 4 is 5.91 Å². The van der Waals surface area contributed by atoms with Crippen LogP contribution in [0.4, 0.5) is 35.1 Å². The van der Waals surface area contributed by atoms with Crippen LogP contribution in [0.3, 0.4) is 0 Å². The number of hydrogen-bond acceptors (Lipinski definition) is 4. The van der Waals surface area contributed by atoms with Crippen molar-refractivity contribution < 1.29 is 44.3 Å². The fraction of sp³-hybridized carbons (Fsp3) is 0.273. The molecule has 5 nitrogen and oxygen atoms in total. The topological polar surface area (TPSA) is 72.4 Å². The van der Waals surface area contributed by atoms with Crippen molar-refractivity contribution in [1.29, 1.82) is 0 Å². The smallest absolute Gasteiger partial charge is 0.417 e. The van der Waals surface area contributed by atoms with Crippen molar-refractivity contribution in [1.82, 2.24) is 9.88 Å². The molecule has 0 aliphatic carbocycles. The third-order valence-corrected chi connectivity index (χ3v) is 5.30. The quantitative estimate of drug-likeness (QED) is 0.469. The molecule has 1 fully saturated rings. The number of benzene rings is 1. The Labute approximate surface area is 192 Å². The van der Waals surface area contributed by atoms with Gasteiger partial charge in [-0.2, -0.15) is 26.3 Å². The molecule has 0 radical (unpaired) electrons. The number of amides is 1. The molecule has 1 amide bonds. The van der Waals surface area contributed by atoms with Crippen LogP contribution < -0.4 is 5.73 Å². The first kappa shape index (κ1) is 24.6. The molecule has 35 heavy (non-hydrogen) atoms. The van der Waals surface area contributed by atoms with E-state index in [1.807, 2.05) is 0 Å². The van der Waals surface area contributed by atoms with Crippen LogP contribution in [0.25, 0.3) is 22.6 Å². The number of alkyl halides is 8. The Bertz CT molecular complexity index is 1220. The highest BCUT2D eigenvalue weighted by Crippen LogP contribution is 2.47. The van der Waals surface area contributed by atoms with Crippen LogP contribution in [-0.2, 0) is 18.9 Å². The van der Waals surface area contributed by atoms with Gasteiger partial charge in [0.2, 0.25) is 0 Å². The van der Waals surface area contributed by atoms with Gasteiger partial charge in [0.15, 0.2) is 0 Å². The van der Waals surface area contributed by atoms with Gasteiger partial charge in [-0.15, -0.1) is 0 Å².